The Balaban J connectivity index is 1.99. The first-order valence-corrected chi connectivity index (χ1v) is 8.69. The molecule has 1 aromatic rings. The van der Waals surface area contributed by atoms with E-state index in [1.54, 1.807) is 0 Å². The highest BCUT2D eigenvalue weighted by Crippen LogP contribution is 2.31. The van der Waals surface area contributed by atoms with E-state index in [0.717, 1.165) is 30.8 Å². The van der Waals surface area contributed by atoms with Gasteiger partial charge in [-0.25, -0.2) is 18.4 Å². The molecule has 6 heteroatoms. The van der Waals surface area contributed by atoms with Crippen molar-refractivity contribution in [3.05, 3.63) is 17.1 Å². The van der Waals surface area contributed by atoms with Gasteiger partial charge in [0.25, 0.3) is 0 Å². The average Bonchev–Trinajstić information content (AvgIpc) is 2.78. The molecule has 104 valence electrons. The first-order chi connectivity index (χ1) is 9.09. The predicted molar refractivity (Wildman–Crippen MR) is 74.2 cm³/mol. The lowest BCUT2D eigenvalue weighted by Gasteiger charge is -2.20. The summed E-state index contributed by atoms with van der Waals surface area (Å²) >= 11 is 0. The molecule has 1 unspecified atom stereocenters. The molecule has 1 aliphatic carbocycles. The zero-order valence-electron chi connectivity index (χ0n) is 11.1. The molecule has 1 N–H and O–H groups in total. The summed E-state index contributed by atoms with van der Waals surface area (Å²) < 4.78 is 23.2. The summed E-state index contributed by atoms with van der Waals surface area (Å²) in [7, 11) is -1.02. The van der Waals surface area contributed by atoms with Gasteiger partial charge in [-0.15, -0.1) is 0 Å². The molecule has 0 spiro atoms. The van der Waals surface area contributed by atoms with Gasteiger partial charge in [0.05, 0.1) is 11.5 Å². The van der Waals surface area contributed by atoms with Gasteiger partial charge in [0.1, 0.15) is 11.6 Å². The van der Waals surface area contributed by atoms with Crippen LogP contribution >= 0.6 is 0 Å². The molecule has 0 saturated carbocycles. The molecule has 1 saturated heterocycles. The van der Waals surface area contributed by atoms with E-state index >= 15 is 0 Å². The van der Waals surface area contributed by atoms with Crippen molar-refractivity contribution in [2.45, 2.75) is 38.0 Å². The molecule has 1 fully saturated rings. The van der Waals surface area contributed by atoms with Crippen LogP contribution in [0.25, 0.3) is 0 Å². The molecule has 5 nitrogen and oxygen atoms in total. The standard InChI is InChI=1S/C13H19N3O2S/c1-14-13-10-4-2-3-5-11(10)15-12(16-13)9-6-7-19(17,18)8-9/h9H,2-8H2,1H3,(H,14,15,16). The average molecular weight is 281 g/mol. The minimum absolute atomic E-state index is 0.0238. The SMILES string of the molecule is CNc1nc(C2CCS(=O)(=O)C2)nc2c1CCCC2. The zero-order chi connectivity index (χ0) is 13.5. The Morgan fingerprint density at radius 3 is 2.68 bits per heavy atom. The Kier molecular flexibility index (Phi) is 3.20. The van der Waals surface area contributed by atoms with Gasteiger partial charge in [-0.1, -0.05) is 0 Å². The van der Waals surface area contributed by atoms with Gasteiger partial charge >= 0.3 is 0 Å². The van der Waals surface area contributed by atoms with Crippen molar-refractivity contribution in [2.75, 3.05) is 23.9 Å². The van der Waals surface area contributed by atoms with Crippen molar-refractivity contribution in [1.29, 1.82) is 0 Å². The van der Waals surface area contributed by atoms with Crippen molar-refractivity contribution >= 4 is 15.7 Å². The van der Waals surface area contributed by atoms with Crippen LogP contribution in [0.5, 0.6) is 0 Å². The first kappa shape index (κ1) is 12.8. The fourth-order valence-electron chi connectivity index (χ4n) is 3.00. The molecule has 2 aliphatic rings. The molecule has 2 heterocycles. The lowest BCUT2D eigenvalue weighted by molar-refractivity contribution is 0.600. The van der Waals surface area contributed by atoms with E-state index in [1.165, 1.54) is 12.0 Å². The smallest absolute Gasteiger partial charge is 0.151 e. The summed E-state index contributed by atoms with van der Waals surface area (Å²) in [5.74, 6) is 2.06. The quantitative estimate of drug-likeness (QED) is 0.884. The summed E-state index contributed by atoms with van der Waals surface area (Å²) in [6, 6.07) is 0. The Labute approximate surface area is 113 Å². The second-order valence-electron chi connectivity index (χ2n) is 5.41. The fourth-order valence-corrected chi connectivity index (χ4v) is 4.74. The van der Waals surface area contributed by atoms with E-state index in [2.05, 4.69) is 15.3 Å². The zero-order valence-corrected chi connectivity index (χ0v) is 12.0. The lowest BCUT2D eigenvalue weighted by atomic mass is 9.95. The maximum Gasteiger partial charge on any atom is 0.151 e. The third kappa shape index (κ3) is 2.45. The minimum Gasteiger partial charge on any atom is -0.373 e. The minimum atomic E-state index is -2.88. The number of nitrogens with one attached hydrogen (secondary N) is 1. The summed E-state index contributed by atoms with van der Waals surface area (Å²) in [6.45, 7) is 0. The molecule has 0 amide bonds. The van der Waals surface area contributed by atoms with Crippen LogP contribution in [0.4, 0.5) is 5.82 Å². The van der Waals surface area contributed by atoms with Crippen LogP contribution in [0.1, 0.15) is 42.3 Å². The van der Waals surface area contributed by atoms with Crippen LogP contribution in [0.15, 0.2) is 0 Å². The number of nitrogens with zero attached hydrogens (tertiary/aromatic N) is 2. The Hall–Kier alpha value is -1.17. The van der Waals surface area contributed by atoms with Crippen LogP contribution < -0.4 is 5.32 Å². The predicted octanol–water partition coefficient (Wildman–Crippen LogP) is 1.30. The Bertz CT molecular complexity index is 581. The monoisotopic (exact) mass is 281 g/mol. The van der Waals surface area contributed by atoms with Crippen LogP contribution in [-0.2, 0) is 22.7 Å². The van der Waals surface area contributed by atoms with Gasteiger partial charge in [0.15, 0.2) is 9.84 Å². The third-order valence-electron chi connectivity index (χ3n) is 4.03. The van der Waals surface area contributed by atoms with Gasteiger partial charge in [-0.2, -0.15) is 0 Å². The molecular formula is C13H19N3O2S. The van der Waals surface area contributed by atoms with Gasteiger partial charge in [0, 0.05) is 24.2 Å². The normalized spacial score (nSPS) is 25.0. The van der Waals surface area contributed by atoms with Gasteiger partial charge in [0.2, 0.25) is 0 Å². The van der Waals surface area contributed by atoms with E-state index in [0.29, 0.717) is 12.2 Å². The molecule has 0 bridgehead atoms. The molecule has 19 heavy (non-hydrogen) atoms. The fraction of sp³-hybridized carbons (Fsp3) is 0.692. The van der Waals surface area contributed by atoms with E-state index in [-0.39, 0.29) is 17.4 Å². The lowest BCUT2D eigenvalue weighted by Crippen LogP contribution is -2.16. The van der Waals surface area contributed by atoms with Crippen LogP contribution in [0.3, 0.4) is 0 Å². The van der Waals surface area contributed by atoms with Crippen molar-refractivity contribution < 1.29 is 8.42 Å². The number of anilines is 1. The highest BCUT2D eigenvalue weighted by atomic mass is 32.2. The van der Waals surface area contributed by atoms with Crippen LogP contribution in [0.2, 0.25) is 0 Å². The first-order valence-electron chi connectivity index (χ1n) is 6.87. The molecule has 0 radical (unpaired) electrons. The number of aryl methyl sites for hydroxylation is 1. The molecule has 3 rings (SSSR count). The maximum absolute atomic E-state index is 11.6. The van der Waals surface area contributed by atoms with E-state index in [4.69, 9.17) is 0 Å². The largest absolute Gasteiger partial charge is 0.373 e. The van der Waals surface area contributed by atoms with E-state index in [9.17, 15) is 8.42 Å². The number of rotatable bonds is 2. The van der Waals surface area contributed by atoms with E-state index < -0.39 is 9.84 Å². The summed E-state index contributed by atoms with van der Waals surface area (Å²) in [4.78, 5) is 9.22. The third-order valence-corrected chi connectivity index (χ3v) is 5.80. The van der Waals surface area contributed by atoms with Gasteiger partial charge in [-0.3, -0.25) is 0 Å². The molecule has 1 aliphatic heterocycles. The molecule has 1 atom stereocenters. The van der Waals surface area contributed by atoms with Gasteiger partial charge < -0.3 is 5.32 Å². The second-order valence-corrected chi connectivity index (χ2v) is 7.64. The number of sulfone groups is 1. The summed E-state index contributed by atoms with van der Waals surface area (Å²) in [5.41, 5.74) is 2.34. The highest BCUT2D eigenvalue weighted by Gasteiger charge is 2.32. The van der Waals surface area contributed by atoms with Crippen molar-refractivity contribution in [2.24, 2.45) is 0 Å². The van der Waals surface area contributed by atoms with Crippen LogP contribution in [-0.4, -0.2) is 36.9 Å². The summed E-state index contributed by atoms with van der Waals surface area (Å²) in [5, 5.41) is 3.14. The summed E-state index contributed by atoms with van der Waals surface area (Å²) in [6.07, 6.45) is 5.01. The van der Waals surface area contributed by atoms with E-state index in [1.807, 2.05) is 7.05 Å². The molecule has 0 aromatic carbocycles. The van der Waals surface area contributed by atoms with Crippen LogP contribution in [0, 0.1) is 0 Å². The number of hydrogen-bond acceptors (Lipinski definition) is 5. The van der Waals surface area contributed by atoms with Crippen molar-refractivity contribution in [3.63, 3.8) is 0 Å². The highest BCUT2D eigenvalue weighted by molar-refractivity contribution is 7.91. The maximum atomic E-state index is 11.6. The Morgan fingerprint density at radius 1 is 1.21 bits per heavy atom. The van der Waals surface area contributed by atoms with Crippen molar-refractivity contribution in [1.82, 2.24) is 9.97 Å². The molecule has 1 aromatic heterocycles. The van der Waals surface area contributed by atoms with Gasteiger partial charge in [-0.05, 0) is 32.1 Å². The second kappa shape index (κ2) is 4.74. The van der Waals surface area contributed by atoms with Crippen molar-refractivity contribution in [3.8, 4) is 0 Å². The molecular weight excluding hydrogens is 262 g/mol. The number of aromatic nitrogens is 2. The number of fused-ring (bicyclic) bond motifs is 1. The number of hydrogen-bond donors (Lipinski definition) is 1. The Morgan fingerprint density at radius 2 is 2.00 bits per heavy atom. The topological polar surface area (TPSA) is 72.0 Å².